The van der Waals surface area contributed by atoms with Gasteiger partial charge in [0.2, 0.25) is 0 Å². The van der Waals surface area contributed by atoms with E-state index < -0.39 is 16.4 Å². The van der Waals surface area contributed by atoms with Crippen LogP contribution in [0.1, 0.15) is 10.4 Å². The summed E-state index contributed by atoms with van der Waals surface area (Å²) in [5.41, 5.74) is 1.59. The quantitative estimate of drug-likeness (QED) is 0.352. The van der Waals surface area contributed by atoms with Crippen LogP contribution >= 0.6 is 0 Å². The van der Waals surface area contributed by atoms with Gasteiger partial charge < -0.3 is 0 Å². The minimum atomic E-state index is -0.760. The maximum atomic E-state index is 11.8. The fraction of sp³-hybridized carbons (Fsp3) is 0.0833. The smallest absolute Gasteiger partial charge is 0.279 e. The van der Waals surface area contributed by atoms with Crippen molar-refractivity contribution >= 4 is 11.6 Å². The second-order valence-corrected chi connectivity index (χ2v) is 4.15. The molecule has 0 atom stereocenters. The summed E-state index contributed by atoms with van der Waals surface area (Å²) in [6.07, 6.45) is 0. The van der Waals surface area contributed by atoms with E-state index in [1.54, 1.807) is 6.07 Å². The number of aromatic nitrogens is 2. The molecule has 0 aliphatic carbocycles. The maximum absolute atomic E-state index is 11.8. The van der Waals surface area contributed by atoms with Crippen molar-refractivity contribution in [3.8, 4) is 11.3 Å². The van der Waals surface area contributed by atoms with Crippen molar-refractivity contribution in [3.63, 3.8) is 0 Å². The number of hydrazine groups is 1. The topological polar surface area (TPSA) is 133 Å². The lowest BCUT2D eigenvalue weighted by molar-refractivity contribution is -0.384. The third-order valence-electron chi connectivity index (χ3n) is 2.79. The molecule has 108 valence electrons. The Morgan fingerprint density at radius 2 is 2.14 bits per heavy atom. The van der Waals surface area contributed by atoms with Gasteiger partial charge in [0.05, 0.1) is 10.6 Å². The predicted octanol–water partition coefficient (Wildman–Crippen LogP) is -0.0410. The van der Waals surface area contributed by atoms with Gasteiger partial charge in [-0.25, -0.2) is 10.5 Å². The predicted molar refractivity (Wildman–Crippen MR) is 73.2 cm³/mol. The van der Waals surface area contributed by atoms with Crippen molar-refractivity contribution in [1.29, 1.82) is 0 Å². The van der Waals surface area contributed by atoms with Crippen molar-refractivity contribution in [2.45, 2.75) is 0 Å². The molecule has 9 heteroatoms. The summed E-state index contributed by atoms with van der Waals surface area (Å²) in [5.74, 6) is 4.26. The zero-order valence-corrected chi connectivity index (χ0v) is 10.9. The molecule has 2 aromatic rings. The van der Waals surface area contributed by atoms with E-state index in [9.17, 15) is 19.7 Å². The Balaban J connectivity index is 2.62. The third kappa shape index (κ3) is 2.77. The second-order valence-electron chi connectivity index (χ2n) is 4.15. The minimum absolute atomic E-state index is 0.118. The molecule has 0 saturated heterocycles. The summed E-state index contributed by atoms with van der Waals surface area (Å²) in [6.45, 7) is 0. The maximum Gasteiger partial charge on any atom is 0.279 e. The van der Waals surface area contributed by atoms with Gasteiger partial charge in [-0.1, -0.05) is 12.1 Å². The molecule has 0 saturated carbocycles. The molecule has 0 unspecified atom stereocenters. The SMILES string of the molecule is Cn1nc(-c2cccc([N+](=O)[O-])c2)cc(C(=O)NN)c1=O. The fourth-order valence-corrected chi connectivity index (χ4v) is 1.77. The number of nitrogens with zero attached hydrogens (tertiary/aromatic N) is 3. The molecule has 2 rings (SSSR count). The van der Waals surface area contributed by atoms with Gasteiger partial charge in [-0.3, -0.25) is 25.1 Å². The van der Waals surface area contributed by atoms with E-state index in [4.69, 9.17) is 5.84 Å². The Morgan fingerprint density at radius 1 is 1.43 bits per heavy atom. The number of nitro benzene ring substituents is 1. The molecule has 0 spiro atoms. The number of nitrogens with two attached hydrogens (primary N) is 1. The van der Waals surface area contributed by atoms with E-state index in [-0.39, 0.29) is 16.9 Å². The highest BCUT2D eigenvalue weighted by molar-refractivity contribution is 5.94. The van der Waals surface area contributed by atoms with Gasteiger partial charge in [0.1, 0.15) is 5.56 Å². The summed E-state index contributed by atoms with van der Waals surface area (Å²) < 4.78 is 0.971. The molecule has 1 amide bonds. The number of aryl methyl sites for hydroxylation is 1. The number of hydrogen-bond donors (Lipinski definition) is 2. The Morgan fingerprint density at radius 3 is 2.76 bits per heavy atom. The fourth-order valence-electron chi connectivity index (χ4n) is 1.77. The summed E-state index contributed by atoms with van der Waals surface area (Å²) in [6, 6.07) is 6.95. The first kappa shape index (κ1) is 14.3. The molecular formula is C12H11N5O4. The first-order valence-electron chi connectivity index (χ1n) is 5.78. The lowest BCUT2D eigenvalue weighted by Crippen LogP contribution is -2.36. The number of benzene rings is 1. The van der Waals surface area contributed by atoms with E-state index in [1.165, 1.54) is 31.3 Å². The average molecular weight is 289 g/mol. The molecule has 0 fully saturated rings. The lowest BCUT2D eigenvalue weighted by atomic mass is 10.1. The van der Waals surface area contributed by atoms with Crippen LogP contribution in [0.2, 0.25) is 0 Å². The van der Waals surface area contributed by atoms with Gasteiger partial charge in [-0.05, 0) is 6.07 Å². The molecule has 9 nitrogen and oxygen atoms in total. The number of non-ortho nitro benzene ring substituents is 1. The van der Waals surface area contributed by atoms with Gasteiger partial charge in [-0.15, -0.1) is 0 Å². The van der Waals surface area contributed by atoms with Crippen LogP contribution in [0.25, 0.3) is 11.3 Å². The Labute approximate surface area is 118 Å². The standard InChI is InChI=1S/C12H11N5O4/c1-16-12(19)9(11(18)14-13)6-10(15-16)7-3-2-4-8(5-7)17(20)21/h2-6H,13H2,1H3,(H,14,18). The number of carbonyl (C=O) groups is 1. The minimum Gasteiger partial charge on any atom is -0.290 e. The van der Waals surface area contributed by atoms with Crippen molar-refractivity contribution in [2.75, 3.05) is 0 Å². The van der Waals surface area contributed by atoms with Crippen molar-refractivity contribution < 1.29 is 9.72 Å². The number of carbonyl (C=O) groups excluding carboxylic acids is 1. The Hall–Kier alpha value is -3.07. The first-order valence-corrected chi connectivity index (χ1v) is 5.78. The lowest BCUT2D eigenvalue weighted by Gasteiger charge is -2.06. The highest BCUT2D eigenvalue weighted by atomic mass is 16.6. The first-order chi connectivity index (χ1) is 9.93. The van der Waals surface area contributed by atoms with Gasteiger partial charge in [0.25, 0.3) is 17.2 Å². The van der Waals surface area contributed by atoms with Crippen LogP contribution in [0, 0.1) is 10.1 Å². The van der Waals surface area contributed by atoms with E-state index in [1.807, 2.05) is 5.43 Å². The summed E-state index contributed by atoms with van der Waals surface area (Å²) in [5, 5.41) is 14.8. The number of amides is 1. The zero-order valence-electron chi connectivity index (χ0n) is 10.9. The monoisotopic (exact) mass is 289 g/mol. The summed E-state index contributed by atoms with van der Waals surface area (Å²) in [4.78, 5) is 33.6. The summed E-state index contributed by atoms with van der Waals surface area (Å²) in [7, 11) is 1.37. The molecule has 1 aromatic heterocycles. The summed E-state index contributed by atoms with van der Waals surface area (Å²) >= 11 is 0. The Kier molecular flexibility index (Phi) is 3.76. The van der Waals surface area contributed by atoms with E-state index in [0.29, 0.717) is 5.56 Å². The average Bonchev–Trinajstić information content (AvgIpc) is 2.49. The number of nitro groups is 1. The third-order valence-corrected chi connectivity index (χ3v) is 2.79. The van der Waals surface area contributed by atoms with Gasteiger partial charge >= 0.3 is 0 Å². The van der Waals surface area contributed by atoms with E-state index in [0.717, 1.165) is 4.68 Å². The second kappa shape index (κ2) is 5.51. The highest BCUT2D eigenvalue weighted by Gasteiger charge is 2.15. The van der Waals surface area contributed by atoms with Gasteiger partial charge in [0, 0.05) is 24.7 Å². The largest absolute Gasteiger partial charge is 0.290 e. The van der Waals surface area contributed by atoms with E-state index >= 15 is 0 Å². The number of nitrogens with one attached hydrogen (secondary N) is 1. The van der Waals surface area contributed by atoms with Crippen LogP contribution in [-0.4, -0.2) is 20.6 Å². The molecule has 3 N–H and O–H groups in total. The highest BCUT2D eigenvalue weighted by Crippen LogP contribution is 2.21. The number of rotatable bonds is 3. The zero-order chi connectivity index (χ0) is 15.6. The van der Waals surface area contributed by atoms with Crippen LogP contribution in [-0.2, 0) is 7.05 Å². The molecule has 1 heterocycles. The van der Waals surface area contributed by atoms with Crippen molar-refractivity contribution in [1.82, 2.24) is 15.2 Å². The number of hydrogen-bond acceptors (Lipinski definition) is 6. The molecule has 21 heavy (non-hydrogen) atoms. The molecular weight excluding hydrogens is 278 g/mol. The molecule has 0 bridgehead atoms. The van der Waals surface area contributed by atoms with Crippen LogP contribution in [0.5, 0.6) is 0 Å². The van der Waals surface area contributed by atoms with Gasteiger partial charge in [-0.2, -0.15) is 5.10 Å². The molecule has 0 radical (unpaired) electrons. The van der Waals surface area contributed by atoms with Crippen molar-refractivity contribution in [2.24, 2.45) is 12.9 Å². The number of nitrogen functional groups attached to an aromatic ring is 1. The molecule has 0 aliphatic heterocycles. The van der Waals surface area contributed by atoms with Crippen LogP contribution in [0.15, 0.2) is 35.1 Å². The van der Waals surface area contributed by atoms with Crippen LogP contribution in [0.4, 0.5) is 5.69 Å². The molecule has 0 aliphatic rings. The van der Waals surface area contributed by atoms with E-state index in [2.05, 4.69) is 5.10 Å². The van der Waals surface area contributed by atoms with Crippen molar-refractivity contribution in [3.05, 3.63) is 56.4 Å². The Bertz CT molecular complexity index is 783. The molecule has 1 aromatic carbocycles. The normalized spacial score (nSPS) is 10.2. The van der Waals surface area contributed by atoms with Crippen LogP contribution in [0.3, 0.4) is 0 Å². The van der Waals surface area contributed by atoms with Crippen LogP contribution < -0.4 is 16.8 Å². The van der Waals surface area contributed by atoms with Gasteiger partial charge in [0.15, 0.2) is 0 Å².